The van der Waals surface area contributed by atoms with Gasteiger partial charge in [-0.2, -0.15) is 0 Å². The van der Waals surface area contributed by atoms with Gasteiger partial charge in [-0.15, -0.1) is 10.2 Å². The molecule has 0 radical (unpaired) electrons. The third-order valence-corrected chi connectivity index (χ3v) is 5.23. The highest BCUT2D eigenvalue weighted by atomic mass is 19.1. The van der Waals surface area contributed by atoms with Crippen LogP contribution in [-0.4, -0.2) is 16.1 Å². The van der Waals surface area contributed by atoms with E-state index in [1.54, 1.807) is 30.3 Å². The Bertz CT molecular complexity index is 1210. The minimum atomic E-state index is -0.294. The number of nitrogens with one attached hydrogen (secondary N) is 2. The van der Waals surface area contributed by atoms with Crippen molar-refractivity contribution in [1.29, 1.82) is 0 Å². The molecule has 1 aromatic heterocycles. The molecule has 0 aliphatic carbocycles. The predicted molar refractivity (Wildman–Crippen MR) is 130 cm³/mol. The van der Waals surface area contributed by atoms with Gasteiger partial charge in [-0.05, 0) is 85.1 Å². The monoisotopic (exact) mass is 440 g/mol. The molecule has 0 fully saturated rings. The van der Waals surface area contributed by atoms with Gasteiger partial charge in [-0.3, -0.25) is 4.79 Å². The summed E-state index contributed by atoms with van der Waals surface area (Å²) in [6.07, 6.45) is 3.36. The lowest BCUT2D eigenvalue weighted by Crippen LogP contribution is -2.12. The van der Waals surface area contributed by atoms with Crippen molar-refractivity contribution in [3.05, 3.63) is 102 Å². The first-order valence-corrected chi connectivity index (χ1v) is 11.0. The zero-order valence-corrected chi connectivity index (χ0v) is 18.4. The van der Waals surface area contributed by atoms with Gasteiger partial charge in [0.2, 0.25) is 0 Å². The molecule has 5 nitrogen and oxygen atoms in total. The molecule has 0 saturated heterocycles. The number of anilines is 3. The Morgan fingerprint density at radius 3 is 2.36 bits per heavy atom. The second-order valence-corrected chi connectivity index (χ2v) is 7.77. The quantitative estimate of drug-likeness (QED) is 0.323. The normalized spacial score (nSPS) is 10.6. The maximum atomic E-state index is 13.1. The number of hydrogen-bond acceptors (Lipinski definition) is 4. The second-order valence-electron chi connectivity index (χ2n) is 7.77. The molecular formula is C27H25FN4O. The topological polar surface area (TPSA) is 66.9 Å². The molecule has 4 aromatic rings. The summed E-state index contributed by atoms with van der Waals surface area (Å²) in [5.74, 6) is 0.0664. The van der Waals surface area contributed by atoms with Crippen LogP contribution in [-0.2, 0) is 6.42 Å². The van der Waals surface area contributed by atoms with Crippen LogP contribution in [0.15, 0.2) is 84.9 Å². The lowest BCUT2D eigenvalue weighted by molar-refractivity contribution is 0.102. The average molecular weight is 441 g/mol. The minimum Gasteiger partial charge on any atom is -0.339 e. The first kappa shape index (κ1) is 22.1. The molecule has 166 valence electrons. The van der Waals surface area contributed by atoms with Gasteiger partial charge < -0.3 is 10.6 Å². The van der Waals surface area contributed by atoms with E-state index in [2.05, 4.69) is 39.9 Å². The van der Waals surface area contributed by atoms with Gasteiger partial charge in [-0.25, -0.2) is 4.39 Å². The van der Waals surface area contributed by atoms with Crippen molar-refractivity contribution in [3.8, 4) is 11.3 Å². The van der Waals surface area contributed by atoms with Crippen molar-refractivity contribution < 1.29 is 9.18 Å². The number of halogens is 1. The summed E-state index contributed by atoms with van der Waals surface area (Å²) in [6, 6.07) is 24.9. The lowest BCUT2D eigenvalue weighted by atomic mass is 10.1. The maximum Gasteiger partial charge on any atom is 0.255 e. The molecule has 0 atom stereocenters. The molecule has 0 saturated carbocycles. The van der Waals surface area contributed by atoms with Gasteiger partial charge in [0.1, 0.15) is 5.82 Å². The fourth-order valence-corrected chi connectivity index (χ4v) is 3.40. The Balaban J connectivity index is 1.40. The molecule has 0 spiro atoms. The van der Waals surface area contributed by atoms with Crippen LogP contribution in [0.5, 0.6) is 0 Å². The molecule has 3 aromatic carbocycles. The average Bonchev–Trinajstić information content (AvgIpc) is 2.85. The fourth-order valence-electron chi connectivity index (χ4n) is 3.40. The summed E-state index contributed by atoms with van der Waals surface area (Å²) >= 11 is 0. The van der Waals surface area contributed by atoms with Crippen LogP contribution in [0.4, 0.5) is 21.6 Å². The summed E-state index contributed by atoms with van der Waals surface area (Å²) in [4.78, 5) is 12.7. The number of aryl methyl sites for hydroxylation is 1. The molecule has 33 heavy (non-hydrogen) atoms. The van der Waals surface area contributed by atoms with Gasteiger partial charge in [0.05, 0.1) is 5.69 Å². The third kappa shape index (κ3) is 6.01. The van der Waals surface area contributed by atoms with Crippen LogP contribution in [0.3, 0.4) is 0 Å². The summed E-state index contributed by atoms with van der Waals surface area (Å²) in [6.45, 7) is 2.17. The van der Waals surface area contributed by atoms with Crippen molar-refractivity contribution in [3.63, 3.8) is 0 Å². The van der Waals surface area contributed by atoms with E-state index in [9.17, 15) is 9.18 Å². The van der Waals surface area contributed by atoms with E-state index in [1.165, 1.54) is 17.7 Å². The van der Waals surface area contributed by atoms with E-state index >= 15 is 0 Å². The van der Waals surface area contributed by atoms with Crippen molar-refractivity contribution >= 4 is 23.1 Å². The van der Waals surface area contributed by atoms with Gasteiger partial charge in [-0.1, -0.05) is 31.5 Å². The van der Waals surface area contributed by atoms with E-state index in [4.69, 9.17) is 0 Å². The highest BCUT2D eigenvalue weighted by molar-refractivity contribution is 6.04. The lowest BCUT2D eigenvalue weighted by Gasteiger charge is -2.09. The number of aromatic nitrogens is 2. The van der Waals surface area contributed by atoms with Crippen LogP contribution in [0.2, 0.25) is 0 Å². The molecule has 2 N–H and O–H groups in total. The molecule has 0 aliphatic rings. The van der Waals surface area contributed by atoms with Gasteiger partial charge in [0.15, 0.2) is 5.82 Å². The van der Waals surface area contributed by atoms with E-state index in [-0.39, 0.29) is 11.7 Å². The molecule has 0 aliphatic heterocycles. The molecule has 1 heterocycles. The molecule has 0 unspecified atom stereocenters. The fraction of sp³-hybridized carbons (Fsp3) is 0.148. The largest absolute Gasteiger partial charge is 0.339 e. The highest BCUT2D eigenvalue weighted by Gasteiger charge is 2.08. The maximum absolute atomic E-state index is 13.1. The van der Waals surface area contributed by atoms with Crippen LogP contribution in [0.25, 0.3) is 11.3 Å². The highest BCUT2D eigenvalue weighted by Crippen LogP contribution is 2.21. The van der Waals surface area contributed by atoms with Crippen LogP contribution in [0, 0.1) is 5.82 Å². The summed E-state index contributed by atoms with van der Waals surface area (Å²) < 4.78 is 13.1. The Morgan fingerprint density at radius 1 is 0.879 bits per heavy atom. The second kappa shape index (κ2) is 10.5. The van der Waals surface area contributed by atoms with E-state index in [0.717, 1.165) is 36.2 Å². The summed E-state index contributed by atoms with van der Waals surface area (Å²) in [5, 5.41) is 14.5. The van der Waals surface area contributed by atoms with Crippen LogP contribution >= 0.6 is 0 Å². The number of rotatable bonds is 8. The molecule has 1 amide bonds. The van der Waals surface area contributed by atoms with Crippen LogP contribution in [0.1, 0.15) is 35.7 Å². The molecule has 4 rings (SSSR count). The predicted octanol–water partition coefficient (Wildman–Crippen LogP) is 6.62. The van der Waals surface area contributed by atoms with Crippen molar-refractivity contribution in [2.75, 3.05) is 10.6 Å². The Morgan fingerprint density at radius 2 is 1.67 bits per heavy atom. The number of benzene rings is 3. The Kier molecular flexibility index (Phi) is 7.05. The Hall–Kier alpha value is -4.06. The number of carbonyl (C=O) groups excluding carboxylic acids is 1. The van der Waals surface area contributed by atoms with Crippen LogP contribution < -0.4 is 10.6 Å². The number of carbonyl (C=O) groups is 1. The number of amides is 1. The minimum absolute atomic E-state index is 0.183. The molecule has 6 heteroatoms. The zero-order valence-electron chi connectivity index (χ0n) is 18.4. The summed E-state index contributed by atoms with van der Waals surface area (Å²) in [7, 11) is 0. The van der Waals surface area contributed by atoms with E-state index < -0.39 is 0 Å². The van der Waals surface area contributed by atoms with E-state index in [0.29, 0.717) is 17.1 Å². The third-order valence-electron chi connectivity index (χ3n) is 5.23. The smallest absolute Gasteiger partial charge is 0.255 e. The van der Waals surface area contributed by atoms with E-state index in [1.807, 2.05) is 30.3 Å². The SMILES string of the molecule is CCCCc1ccc(NC(=O)c2cccc(Nc3ccc(-c4ccc(F)cc4)nn3)c2)cc1. The van der Waals surface area contributed by atoms with Crippen molar-refractivity contribution in [2.24, 2.45) is 0 Å². The Labute approximate surface area is 192 Å². The standard InChI is InChI=1S/C27H25FN4O/c1-2-3-5-19-8-14-23(15-9-19)30-27(33)21-6-4-7-24(18-21)29-26-17-16-25(31-32-26)20-10-12-22(28)13-11-20/h4,6-18H,2-3,5H2,1H3,(H,29,32)(H,30,33). The van der Waals surface area contributed by atoms with Gasteiger partial charge in [0.25, 0.3) is 5.91 Å². The first-order valence-electron chi connectivity index (χ1n) is 11.0. The molecule has 0 bridgehead atoms. The van der Waals surface area contributed by atoms with Crippen molar-refractivity contribution in [1.82, 2.24) is 10.2 Å². The zero-order chi connectivity index (χ0) is 23.0. The van der Waals surface area contributed by atoms with Crippen molar-refractivity contribution in [2.45, 2.75) is 26.2 Å². The summed E-state index contributed by atoms with van der Waals surface area (Å²) in [5.41, 5.74) is 4.72. The first-order chi connectivity index (χ1) is 16.1. The number of unbranched alkanes of at least 4 members (excludes halogenated alkanes) is 1. The van der Waals surface area contributed by atoms with Gasteiger partial charge in [0, 0.05) is 22.5 Å². The number of hydrogen-bond donors (Lipinski definition) is 2. The number of nitrogens with zero attached hydrogens (tertiary/aromatic N) is 2. The van der Waals surface area contributed by atoms with Gasteiger partial charge >= 0.3 is 0 Å². The molecular weight excluding hydrogens is 415 g/mol.